The van der Waals surface area contributed by atoms with Gasteiger partial charge in [0.2, 0.25) is 11.8 Å². The van der Waals surface area contributed by atoms with E-state index in [4.69, 9.17) is 19.4 Å². The van der Waals surface area contributed by atoms with E-state index in [1.807, 2.05) is 61.8 Å². The Morgan fingerprint density at radius 2 is 1.05 bits per heavy atom. The number of rotatable bonds is 8. The molecule has 0 spiro atoms. The molecule has 2 aliphatic heterocycles. The van der Waals surface area contributed by atoms with E-state index in [0.29, 0.717) is 11.8 Å². The van der Waals surface area contributed by atoms with E-state index >= 15 is 0 Å². The molecule has 14 heteroatoms. The first-order valence-corrected chi connectivity index (χ1v) is 21.6. The van der Waals surface area contributed by atoms with Gasteiger partial charge < -0.3 is 39.9 Å². The van der Waals surface area contributed by atoms with Crippen LogP contribution in [0, 0.1) is 35.5 Å². The summed E-state index contributed by atoms with van der Waals surface area (Å²) < 4.78 is 9.64. The highest BCUT2D eigenvalue weighted by Gasteiger charge is 2.57. The quantitative estimate of drug-likeness (QED) is 0.116. The number of hydrogen-bond acceptors (Lipinski definition) is 8. The van der Waals surface area contributed by atoms with Crippen LogP contribution in [0.1, 0.15) is 88.2 Å². The van der Waals surface area contributed by atoms with Gasteiger partial charge in [0.1, 0.15) is 23.7 Å². The second kappa shape index (κ2) is 15.1. The number of H-pyrrole nitrogens is 2. The summed E-state index contributed by atoms with van der Waals surface area (Å²) in [5.74, 6) is 8.69. The molecule has 4 fully saturated rings. The molecule has 2 aromatic heterocycles. The summed E-state index contributed by atoms with van der Waals surface area (Å²) in [5.41, 5.74) is 5.26. The Morgan fingerprint density at radius 1 is 0.629 bits per heavy atom. The number of aromatic nitrogens is 4. The summed E-state index contributed by atoms with van der Waals surface area (Å²) in [5, 5.41) is 9.60. The zero-order valence-corrected chi connectivity index (χ0v) is 35.6. The lowest BCUT2D eigenvalue weighted by molar-refractivity contribution is -0.137. The van der Waals surface area contributed by atoms with Crippen molar-refractivity contribution in [1.82, 2.24) is 40.4 Å². The molecule has 0 radical (unpaired) electrons. The van der Waals surface area contributed by atoms with Gasteiger partial charge in [-0.2, -0.15) is 0 Å². The van der Waals surface area contributed by atoms with Crippen LogP contribution in [0.3, 0.4) is 0 Å². The standard InChI is InChI=1S/C48H50N8O6/c1-23(2)39(53-47(59)61-5)45(57)55-35-19-29(35)21-37(55)43-49-33-15-11-27-17-25(9-13-31(27)41(33)51-43)7-8-26-10-14-32-28(18-26)12-16-34-42(32)52-44(50-34)38-22-30-20-36(30)56(38)46(58)40(24(3)4)54-48(60)62-6/h9-18,23-24,29-30,35-40H,19-22H2,1-6H3,(H,49,51)(H,50,52)(H,53,59)(H,54,60)/t29-,30-,35-,36-,37+,38+,39+,40+/m1/s1. The average Bonchev–Trinajstić information content (AvgIpc) is 3.91. The number of ether oxygens (including phenoxy) is 2. The zero-order valence-electron chi connectivity index (χ0n) is 35.6. The molecule has 0 unspecified atom stereocenters. The molecule has 6 aromatic rings. The van der Waals surface area contributed by atoms with Crippen LogP contribution in [0.5, 0.6) is 0 Å². The highest BCUT2D eigenvalue weighted by molar-refractivity contribution is 6.06. The van der Waals surface area contributed by atoms with Gasteiger partial charge in [0.15, 0.2) is 0 Å². The SMILES string of the molecule is COC(=O)N[C@H](C(=O)N1[C@@H]2C[C@@H]2C[C@H]1c1nc2ccc3cc(C#Cc4ccc5c(ccc6nc([C@@H]7C[C@H]8C[C@H]8N7C(=O)[C@@H](NC(=O)OC)C(C)C)[nH]c65)c4)ccc3c2[nH]1)C(C)C. The number of alkyl carbamates (subject to hydrolysis) is 2. The second-order valence-electron chi connectivity index (χ2n) is 18.1. The highest BCUT2D eigenvalue weighted by atomic mass is 16.5. The number of carbonyl (C=O) groups excluding carboxylic acids is 4. The molecule has 4 heterocycles. The summed E-state index contributed by atoms with van der Waals surface area (Å²) in [6, 6.07) is 19.0. The minimum absolute atomic E-state index is 0.103. The van der Waals surface area contributed by atoms with E-state index in [2.05, 4.69) is 68.8 Å². The molecular formula is C48H50N8O6. The predicted molar refractivity (Wildman–Crippen MR) is 234 cm³/mol. The molecule has 4 aliphatic rings. The first-order valence-electron chi connectivity index (χ1n) is 21.6. The normalized spacial score (nSPS) is 23.3. The van der Waals surface area contributed by atoms with E-state index < -0.39 is 24.3 Å². The monoisotopic (exact) mass is 834 g/mol. The van der Waals surface area contributed by atoms with Crippen molar-refractivity contribution < 1.29 is 28.7 Å². The number of carbonyl (C=O) groups is 4. The van der Waals surface area contributed by atoms with Crippen molar-refractivity contribution in [2.24, 2.45) is 23.7 Å². The molecule has 2 aliphatic carbocycles. The molecule has 10 rings (SSSR count). The molecule has 4 amide bonds. The Morgan fingerprint density at radius 3 is 1.44 bits per heavy atom. The van der Waals surface area contributed by atoms with Crippen LogP contribution < -0.4 is 10.6 Å². The minimum atomic E-state index is -0.689. The van der Waals surface area contributed by atoms with Crippen LogP contribution in [-0.2, 0) is 19.1 Å². The number of methoxy groups -OCH3 is 2. The zero-order chi connectivity index (χ0) is 43.1. The van der Waals surface area contributed by atoms with Gasteiger partial charge in [0.05, 0.1) is 48.4 Å². The third kappa shape index (κ3) is 6.84. The summed E-state index contributed by atoms with van der Waals surface area (Å²) in [6.07, 6.45) is 2.37. The number of fused-ring (bicyclic) bond motifs is 8. The van der Waals surface area contributed by atoms with E-state index in [-0.39, 0.29) is 47.8 Å². The first-order chi connectivity index (χ1) is 29.9. The number of imidazole rings is 2. The molecule has 0 bridgehead atoms. The van der Waals surface area contributed by atoms with Crippen LogP contribution in [0.25, 0.3) is 43.6 Å². The smallest absolute Gasteiger partial charge is 0.407 e. The van der Waals surface area contributed by atoms with Crippen molar-refractivity contribution >= 4 is 67.6 Å². The number of likely N-dealkylation sites (tertiary alicyclic amines) is 2. The van der Waals surface area contributed by atoms with Crippen LogP contribution >= 0.6 is 0 Å². The highest BCUT2D eigenvalue weighted by Crippen LogP contribution is 2.55. The van der Waals surface area contributed by atoms with Gasteiger partial charge in [-0.3, -0.25) is 9.59 Å². The van der Waals surface area contributed by atoms with Gasteiger partial charge >= 0.3 is 12.2 Å². The molecule has 8 atom stereocenters. The molecule has 2 saturated heterocycles. The van der Waals surface area contributed by atoms with Gasteiger partial charge in [-0.05, 0) is 96.5 Å². The Hall–Kier alpha value is -6.62. The molecule has 318 valence electrons. The lowest BCUT2D eigenvalue weighted by Crippen LogP contribution is -2.52. The number of amides is 4. The fourth-order valence-corrected chi connectivity index (χ4v) is 10.0. The van der Waals surface area contributed by atoms with Crippen LogP contribution in [0.2, 0.25) is 0 Å². The number of nitrogens with one attached hydrogen (secondary N) is 4. The summed E-state index contributed by atoms with van der Waals surface area (Å²) in [4.78, 5) is 73.1. The van der Waals surface area contributed by atoms with Crippen LogP contribution in [0.15, 0.2) is 60.7 Å². The van der Waals surface area contributed by atoms with Gasteiger partial charge in [0.25, 0.3) is 0 Å². The van der Waals surface area contributed by atoms with Crippen molar-refractivity contribution in [2.45, 2.75) is 89.6 Å². The summed E-state index contributed by atoms with van der Waals surface area (Å²) >= 11 is 0. The molecule has 62 heavy (non-hydrogen) atoms. The van der Waals surface area contributed by atoms with Gasteiger partial charge in [-0.25, -0.2) is 19.6 Å². The molecule has 2 saturated carbocycles. The maximum Gasteiger partial charge on any atom is 0.407 e. The van der Waals surface area contributed by atoms with Crippen molar-refractivity contribution in [3.63, 3.8) is 0 Å². The van der Waals surface area contributed by atoms with E-state index in [9.17, 15) is 19.2 Å². The van der Waals surface area contributed by atoms with Crippen molar-refractivity contribution in [3.05, 3.63) is 83.4 Å². The summed E-state index contributed by atoms with van der Waals surface area (Å²) in [6.45, 7) is 7.69. The number of piperidine rings is 2. The topological polar surface area (TPSA) is 175 Å². The maximum absolute atomic E-state index is 13.9. The number of benzene rings is 4. The lowest BCUT2D eigenvalue weighted by atomic mass is 10.0. The summed E-state index contributed by atoms with van der Waals surface area (Å²) in [7, 11) is 2.61. The van der Waals surface area contributed by atoms with Crippen molar-refractivity contribution in [3.8, 4) is 11.8 Å². The Balaban J connectivity index is 0.881. The minimum Gasteiger partial charge on any atom is -0.453 e. The predicted octanol–water partition coefficient (Wildman–Crippen LogP) is 7.23. The van der Waals surface area contributed by atoms with Crippen molar-refractivity contribution in [1.29, 1.82) is 0 Å². The fourth-order valence-electron chi connectivity index (χ4n) is 10.0. The molecule has 14 nitrogen and oxygen atoms in total. The third-order valence-corrected chi connectivity index (χ3v) is 13.5. The van der Waals surface area contributed by atoms with Gasteiger partial charge in [-0.1, -0.05) is 63.8 Å². The largest absolute Gasteiger partial charge is 0.453 e. The number of nitrogens with zero attached hydrogens (tertiary/aromatic N) is 4. The Labute approximate surface area is 358 Å². The number of hydrogen-bond donors (Lipinski definition) is 4. The Kier molecular flexibility index (Phi) is 9.61. The molecular weight excluding hydrogens is 785 g/mol. The molecule has 4 N–H and O–H groups in total. The van der Waals surface area contributed by atoms with Gasteiger partial charge in [-0.15, -0.1) is 0 Å². The average molecular weight is 835 g/mol. The third-order valence-electron chi connectivity index (χ3n) is 13.5. The lowest BCUT2D eigenvalue weighted by Gasteiger charge is -2.31. The van der Waals surface area contributed by atoms with Crippen LogP contribution in [-0.4, -0.2) is 92.1 Å². The molecule has 4 aromatic carbocycles. The maximum atomic E-state index is 13.9. The van der Waals surface area contributed by atoms with E-state index in [0.717, 1.165) is 92.1 Å². The van der Waals surface area contributed by atoms with E-state index in [1.54, 1.807) is 0 Å². The number of aromatic amines is 2. The Bertz CT molecular complexity index is 2700. The fraction of sp³-hybridized carbons (Fsp3) is 0.417. The first kappa shape index (κ1) is 39.5. The van der Waals surface area contributed by atoms with Gasteiger partial charge in [0, 0.05) is 34.0 Å². The second-order valence-corrected chi connectivity index (χ2v) is 18.1. The van der Waals surface area contributed by atoms with Crippen LogP contribution in [0.4, 0.5) is 9.59 Å². The van der Waals surface area contributed by atoms with Crippen molar-refractivity contribution in [2.75, 3.05) is 14.2 Å². The van der Waals surface area contributed by atoms with E-state index in [1.165, 1.54) is 14.2 Å².